The number of carbonyl (C=O) groups excluding carboxylic acids is 3. The van der Waals surface area contributed by atoms with Gasteiger partial charge in [-0.15, -0.1) is 0 Å². The number of amides is 3. The van der Waals surface area contributed by atoms with E-state index in [0.29, 0.717) is 23.0 Å². The second-order valence-electron chi connectivity index (χ2n) is 9.62. The van der Waals surface area contributed by atoms with Gasteiger partial charge in [0.05, 0.1) is 36.7 Å². The van der Waals surface area contributed by atoms with Crippen LogP contribution in [0.25, 0.3) is 6.08 Å². The van der Waals surface area contributed by atoms with Crippen molar-refractivity contribution in [1.82, 2.24) is 4.90 Å². The lowest BCUT2D eigenvalue weighted by molar-refractivity contribution is -0.137. The quantitative estimate of drug-likeness (QED) is 0.465. The third kappa shape index (κ3) is 4.27. The highest BCUT2D eigenvalue weighted by Gasteiger charge is 2.59. The Bertz CT molecular complexity index is 1090. The zero-order valence-corrected chi connectivity index (χ0v) is 20.6. The number of hydrogen-bond acceptors (Lipinski definition) is 6. The van der Waals surface area contributed by atoms with Crippen LogP contribution in [0.15, 0.2) is 34.9 Å². The van der Waals surface area contributed by atoms with Gasteiger partial charge in [0.15, 0.2) is 0 Å². The van der Waals surface area contributed by atoms with Gasteiger partial charge in [-0.2, -0.15) is 4.90 Å². The van der Waals surface area contributed by atoms with Gasteiger partial charge in [0.25, 0.3) is 0 Å². The number of aromatic hydroxyl groups is 1. The summed E-state index contributed by atoms with van der Waals surface area (Å²) in [6.45, 7) is 6.56. The average Bonchev–Trinajstić information content (AvgIpc) is 3.31. The number of allylic oxidation sites excluding steroid dienone is 2. The van der Waals surface area contributed by atoms with Gasteiger partial charge in [-0.25, -0.2) is 4.79 Å². The minimum atomic E-state index is -0.916. The van der Waals surface area contributed by atoms with E-state index in [9.17, 15) is 19.5 Å². The van der Waals surface area contributed by atoms with Crippen molar-refractivity contribution in [3.63, 3.8) is 0 Å². The van der Waals surface area contributed by atoms with Crippen LogP contribution in [-0.2, 0) is 19.1 Å². The fourth-order valence-electron chi connectivity index (χ4n) is 5.56. The number of nitrogens with zero attached hydrogens (tertiary/aromatic N) is 1. The van der Waals surface area contributed by atoms with Gasteiger partial charge < -0.3 is 14.6 Å². The molecule has 3 aliphatic rings. The van der Waals surface area contributed by atoms with Crippen molar-refractivity contribution in [2.45, 2.75) is 46.1 Å². The Balaban J connectivity index is 1.56. The average molecular weight is 488 g/mol. The molecular formula is C26H30ClNO6. The topological polar surface area (TPSA) is 93.1 Å². The Labute approximate surface area is 204 Å². The number of likely N-dealkylation sites (tertiary alicyclic amines) is 1. The number of carbonyl (C=O) groups is 3. The number of imide groups is 3. The van der Waals surface area contributed by atoms with Crippen molar-refractivity contribution in [1.29, 1.82) is 0 Å². The van der Waals surface area contributed by atoms with Crippen molar-refractivity contribution in [3.8, 4) is 5.75 Å². The van der Waals surface area contributed by atoms with E-state index in [-0.39, 0.29) is 23.7 Å². The molecule has 0 unspecified atom stereocenters. The normalized spacial score (nSPS) is 26.9. The van der Waals surface area contributed by atoms with Crippen LogP contribution in [0.4, 0.5) is 4.79 Å². The summed E-state index contributed by atoms with van der Waals surface area (Å²) in [5.41, 5.74) is 4.23. The minimum Gasteiger partial charge on any atom is -0.508 e. The number of halogens is 1. The van der Waals surface area contributed by atoms with Crippen molar-refractivity contribution in [2.75, 3.05) is 13.7 Å². The van der Waals surface area contributed by atoms with E-state index in [2.05, 4.69) is 18.6 Å². The summed E-state index contributed by atoms with van der Waals surface area (Å²) in [4.78, 5) is 38.8. The van der Waals surface area contributed by atoms with Crippen molar-refractivity contribution >= 4 is 35.6 Å². The summed E-state index contributed by atoms with van der Waals surface area (Å²) in [6, 6.07) is 4.89. The number of benzene rings is 1. The number of ether oxygens (including phenoxy) is 2. The zero-order valence-electron chi connectivity index (χ0n) is 19.8. The molecule has 8 heteroatoms. The Morgan fingerprint density at radius 2 is 2.03 bits per heavy atom. The van der Waals surface area contributed by atoms with Gasteiger partial charge in [0, 0.05) is 5.92 Å². The number of phenols is 1. The lowest BCUT2D eigenvalue weighted by Gasteiger charge is -2.33. The molecule has 1 aromatic carbocycles. The number of hydrogen-bond donors (Lipinski definition) is 1. The van der Waals surface area contributed by atoms with Gasteiger partial charge in [-0.1, -0.05) is 42.7 Å². The number of fused-ring (bicyclic) bond motifs is 3. The predicted molar refractivity (Wildman–Crippen MR) is 127 cm³/mol. The maximum atomic E-state index is 13.1. The summed E-state index contributed by atoms with van der Waals surface area (Å²) >= 11 is 6.23. The molecule has 0 saturated carbocycles. The molecule has 0 radical (unpaired) electrons. The first kappa shape index (κ1) is 24.5. The maximum absolute atomic E-state index is 13.1. The van der Waals surface area contributed by atoms with Crippen molar-refractivity contribution in [2.24, 2.45) is 23.7 Å². The standard InChI is InChI=1S/C26H30ClNO6/c1-13(2)17-11-18-23(25(31)28(24(18)30)26(32)33-4)19-12-34-21(22(17)19)8-5-14(3)9-15-6-7-16(29)10-20(15)27/h6-7,9-10,13,18-19,21,23,29H,5,8,11-12H2,1-4H3/b14-9+/t18-,19+,21-,23-/m1/s1. The van der Waals surface area contributed by atoms with Crippen LogP contribution in [0.1, 0.15) is 45.6 Å². The smallest absolute Gasteiger partial charge is 0.423 e. The van der Waals surface area contributed by atoms with E-state index in [1.807, 2.05) is 13.0 Å². The molecule has 2 fully saturated rings. The van der Waals surface area contributed by atoms with Crippen LogP contribution in [0, 0.1) is 23.7 Å². The summed E-state index contributed by atoms with van der Waals surface area (Å²) in [6.07, 6.45) is 2.90. The van der Waals surface area contributed by atoms with Crippen LogP contribution < -0.4 is 0 Å². The second-order valence-corrected chi connectivity index (χ2v) is 10.0. The third-order valence-corrected chi connectivity index (χ3v) is 7.51. The van der Waals surface area contributed by atoms with Crippen LogP contribution in [0.2, 0.25) is 5.02 Å². The monoisotopic (exact) mass is 487 g/mol. The van der Waals surface area contributed by atoms with Crippen LogP contribution in [0.3, 0.4) is 0 Å². The van der Waals surface area contributed by atoms with Gasteiger partial charge >= 0.3 is 6.09 Å². The Hall–Kier alpha value is -2.64. The molecule has 0 spiro atoms. The predicted octanol–water partition coefficient (Wildman–Crippen LogP) is 4.97. The molecule has 1 aliphatic carbocycles. The van der Waals surface area contributed by atoms with E-state index in [1.165, 1.54) is 13.2 Å². The minimum absolute atomic E-state index is 0.125. The maximum Gasteiger partial charge on any atom is 0.423 e. The van der Waals surface area contributed by atoms with E-state index < -0.39 is 29.7 Å². The molecule has 1 N–H and O–H groups in total. The highest BCUT2D eigenvalue weighted by Crippen LogP contribution is 2.51. The Morgan fingerprint density at radius 1 is 1.29 bits per heavy atom. The fraction of sp³-hybridized carbons (Fsp3) is 0.500. The van der Waals surface area contributed by atoms with E-state index >= 15 is 0 Å². The lowest BCUT2D eigenvalue weighted by Crippen LogP contribution is -2.38. The molecule has 1 aromatic rings. The van der Waals surface area contributed by atoms with Gasteiger partial charge in [-0.05, 0) is 61.4 Å². The van der Waals surface area contributed by atoms with Crippen LogP contribution in [-0.4, -0.2) is 47.7 Å². The molecule has 182 valence electrons. The van der Waals surface area contributed by atoms with Gasteiger partial charge in [-0.3, -0.25) is 9.59 Å². The molecule has 0 bridgehead atoms. The number of methoxy groups -OCH3 is 1. The van der Waals surface area contributed by atoms with E-state index in [0.717, 1.165) is 35.1 Å². The summed E-state index contributed by atoms with van der Waals surface area (Å²) in [7, 11) is 1.17. The molecule has 2 aliphatic heterocycles. The van der Waals surface area contributed by atoms with Crippen LogP contribution in [0.5, 0.6) is 5.75 Å². The van der Waals surface area contributed by atoms with Crippen LogP contribution >= 0.6 is 11.6 Å². The first-order valence-corrected chi connectivity index (χ1v) is 12.0. The molecule has 4 rings (SSSR count). The largest absolute Gasteiger partial charge is 0.508 e. The lowest BCUT2D eigenvalue weighted by atomic mass is 9.67. The molecule has 0 aromatic heterocycles. The van der Waals surface area contributed by atoms with Gasteiger partial charge in [0.2, 0.25) is 11.8 Å². The Morgan fingerprint density at radius 3 is 2.68 bits per heavy atom. The molecule has 2 saturated heterocycles. The molecular weight excluding hydrogens is 458 g/mol. The molecule has 7 nitrogen and oxygen atoms in total. The molecule has 4 atom stereocenters. The highest BCUT2D eigenvalue weighted by molar-refractivity contribution is 6.32. The second kappa shape index (κ2) is 9.55. The summed E-state index contributed by atoms with van der Waals surface area (Å²) in [5.74, 6) is -1.95. The third-order valence-electron chi connectivity index (χ3n) is 7.18. The van der Waals surface area contributed by atoms with Gasteiger partial charge in [0.1, 0.15) is 5.75 Å². The molecule has 34 heavy (non-hydrogen) atoms. The summed E-state index contributed by atoms with van der Waals surface area (Å²) < 4.78 is 10.9. The van der Waals surface area contributed by atoms with E-state index in [4.69, 9.17) is 16.3 Å². The van der Waals surface area contributed by atoms with E-state index in [1.54, 1.807) is 12.1 Å². The number of rotatable bonds is 5. The zero-order chi connectivity index (χ0) is 24.7. The highest BCUT2D eigenvalue weighted by atomic mass is 35.5. The summed E-state index contributed by atoms with van der Waals surface area (Å²) in [5, 5.41) is 10.0. The molecule has 2 heterocycles. The number of phenolic OH excluding ortho intramolecular Hbond substituents is 1. The van der Waals surface area contributed by atoms with Crippen molar-refractivity contribution < 1.29 is 29.0 Å². The fourth-order valence-corrected chi connectivity index (χ4v) is 5.79. The molecule has 3 amide bonds. The first-order chi connectivity index (χ1) is 16.1. The first-order valence-electron chi connectivity index (χ1n) is 11.6. The van der Waals surface area contributed by atoms with Crippen molar-refractivity contribution in [3.05, 3.63) is 45.5 Å². The Kier molecular flexibility index (Phi) is 6.87. The SMILES string of the molecule is COC(=O)N1C(=O)[C@@H]2[C@@H](CC(C(C)C)=C3[C@@H](CC/C(C)=C/c4ccc(O)cc4Cl)OC[C@@H]32)C1=O.